The molecule has 0 saturated carbocycles. The summed E-state index contributed by atoms with van der Waals surface area (Å²) in [4.78, 5) is 5.31. The Labute approximate surface area is 171 Å². The van der Waals surface area contributed by atoms with Crippen LogP contribution in [0.25, 0.3) is 0 Å². The molecule has 0 aliphatic carbocycles. The van der Waals surface area contributed by atoms with Gasteiger partial charge >= 0.3 is 6.36 Å². The zero-order chi connectivity index (χ0) is 21.8. The van der Waals surface area contributed by atoms with Gasteiger partial charge in [-0.1, -0.05) is 12.1 Å². The van der Waals surface area contributed by atoms with Gasteiger partial charge in [0, 0.05) is 30.9 Å². The number of halogens is 3. The molecule has 0 unspecified atom stereocenters. The minimum atomic E-state index is -4.84. The second kappa shape index (κ2) is 8.94. The molecule has 0 saturated heterocycles. The minimum Gasteiger partial charge on any atom is -0.406 e. The smallest absolute Gasteiger partial charge is 0.406 e. The summed E-state index contributed by atoms with van der Waals surface area (Å²) < 4.78 is 67.1. The van der Waals surface area contributed by atoms with E-state index in [4.69, 9.17) is 10.6 Å². The molecule has 30 heavy (non-hydrogen) atoms. The lowest BCUT2D eigenvalue weighted by Crippen LogP contribution is -2.36. The van der Waals surface area contributed by atoms with E-state index in [1.807, 2.05) is 12.1 Å². The van der Waals surface area contributed by atoms with E-state index in [2.05, 4.69) is 10.2 Å². The molecule has 0 aromatic heterocycles. The van der Waals surface area contributed by atoms with Crippen molar-refractivity contribution in [3.05, 3.63) is 65.9 Å². The van der Waals surface area contributed by atoms with Gasteiger partial charge in [-0.2, -0.15) is 4.31 Å². The van der Waals surface area contributed by atoms with Crippen molar-refractivity contribution in [3.8, 4) is 5.75 Å². The van der Waals surface area contributed by atoms with Gasteiger partial charge in [0.15, 0.2) is 0 Å². The lowest BCUT2D eigenvalue weighted by Gasteiger charge is -2.26. The van der Waals surface area contributed by atoms with Crippen molar-refractivity contribution in [2.45, 2.75) is 24.3 Å². The number of hydroxylamine groups is 1. The molecule has 2 aromatic carbocycles. The number of nitrogens with two attached hydrogens (primary N) is 1. The third-order valence-electron chi connectivity index (χ3n) is 4.26. The van der Waals surface area contributed by atoms with Crippen molar-refractivity contribution in [3.63, 3.8) is 0 Å². The Balaban J connectivity index is 1.55. The molecule has 2 aromatic rings. The molecule has 11 heteroatoms. The van der Waals surface area contributed by atoms with Crippen LogP contribution in [0.1, 0.15) is 12.0 Å². The first-order valence-electron chi connectivity index (χ1n) is 8.91. The predicted molar refractivity (Wildman–Crippen MR) is 103 cm³/mol. The van der Waals surface area contributed by atoms with Gasteiger partial charge in [0.2, 0.25) is 10.0 Å². The fourth-order valence-electron chi connectivity index (χ4n) is 2.82. The number of nitrogens with zero attached hydrogens (tertiary/aromatic N) is 1. The zero-order valence-electron chi connectivity index (χ0n) is 15.7. The standard InChI is InChI=1S/C19H20F3N3O4S/c20-19(21,22)29-17-4-6-18(7-5-17)30(26,27)25-10-8-16(9-11-25)24-28-13-14-2-1-3-15(23)12-14/h1-8,12,24H,9-11,13,23H2. The molecule has 1 aliphatic heterocycles. The monoisotopic (exact) mass is 443 g/mol. The summed E-state index contributed by atoms with van der Waals surface area (Å²) in [5.41, 5.74) is 10.8. The lowest BCUT2D eigenvalue weighted by atomic mass is 10.2. The largest absolute Gasteiger partial charge is 0.573 e. The highest BCUT2D eigenvalue weighted by Gasteiger charge is 2.31. The first-order valence-corrected chi connectivity index (χ1v) is 10.3. The maximum absolute atomic E-state index is 12.7. The molecule has 0 atom stereocenters. The molecule has 3 N–H and O–H groups in total. The SMILES string of the molecule is Nc1cccc(CONC2=CCN(S(=O)(=O)c3ccc(OC(F)(F)F)cc3)CC2)c1. The fraction of sp³-hybridized carbons (Fsp3) is 0.263. The Bertz CT molecular complexity index is 1010. The van der Waals surface area contributed by atoms with Crippen LogP contribution in [-0.4, -0.2) is 32.2 Å². The van der Waals surface area contributed by atoms with E-state index in [0.29, 0.717) is 12.1 Å². The molecule has 0 spiro atoms. The maximum atomic E-state index is 12.7. The third-order valence-corrected chi connectivity index (χ3v) is 6.14. The van der Waals surface area contributed by atoms with Crippen LogP contribution in [0.2, 0.25) is 0 Å². The second-order valence-corrected chi connectivity index (χ2v) is 8.44. The van der Waals surface area contributed by atoms with Gasteiger partial charge in [0.05, 0.1) is 11.5 Å². The van der Waals surface area contributed by atoms with Crippen molar-refractivity contribution >= 4 is 15.7 Å². The minimum absolute atomic E-state index is 0.104. The van der Waals surface area contributed by atoms with Gasteiger partial charge < -0.3 is 10.5 Å². The summed E-state index contributed by atoms with van der Waals surface area (Å²) >= 11 is 0. The highest BCUT2D eigenvalue weighted by molar-refractivity contribution is 7.89. The van der Waals surface area contributed by atoms with Gasteiger partial charge in [-0.05, 0) is 48.0 Å². The lowest BCUT2D eigenvalue weighted by molar-refractivity contribution is -0.274. The van der Waals surface area contributed by atoms with Crippen LogP contribution in [0, 0.1) is 0 Å². The predicted octanol–water partition coefficient (Wildman–Crippen LogP) is 3.17. The number of nitrogens with one attached hydrogen (secondary N) is 1. The van der Waals surface area contributed by atoms with E-state index in [9.17, 15) is 21.6 Å². The van der Waals surface area contributed by atoms with Gasteiger partial charge in [0.25, 0.3) is 0 Å². The Morgan fingerprint density at radius 3 is 2.47 bits per heavy atom. The molecule has 0 amide bonds. The summed E-state index contributed by atoms with van der Waals surface area (Å²) in [6.45, 7) is 0.591. The van der Waals surface area contributed by atoms with Crippen LogP contribution in [-0.2, 0) is 21.5 Å². The average molecular weight is 443 g/mol. The van der Waals surface area contributed by atoms with E-state index in [0.717, 1.165) is 35.5 Å². The number of ether oxygens (including phenoxy) is 1. The molecule has 7 nitrogen and oxygen atoms in total. The van der Waals surface area contributed by atoms with Gasteiger partial charge in [0.1, 0.15) is 5.75 Å². The second-order valence-electron chi connectivity index (χ2n) is 6.50. The summed E-state index contributed by atoms with van der Waals surface area (Å²) in [5.74, 6) is -0.483. The van der Waals surface area contributed by atoms with Crippen molar-refractivity contribution in [1.82, 2.24) is 9.79 Å². The summed E-state index contributed by atoms with van der Waals surface area (Å²) in [6.07, 6.45) is -2.76. The first kappa shape index (κ1) is 21.9. The van der Waals surface area contributed by atoms with Crippen LogP contribution in [0.3, 0.4) is 0 Å². The number of anilines is 1. The number of hydrogen-bond acceptors (Lipinski definition) is 6. The number of rotatable bonds is 7. The number of nitrogen functional groups attached to an aromatic ring is 1. The number of alkyl halides is 3. The van der Waals surface area contributed by atoms with Crippen molar-refractivity contribution in [2.24, 2.45) is 0 Å². The highest BCUT2D eigenvalue weighted by atomic mass is 32.2. The van der Waals surface area contributed by atoms with Crippen molar-refractivity contribution in [2.75, 3.05) is 18.8 Å². The van der Waals surface area contributed by atoms with Gasteiger partial charge in [-0.25, -0.2) is 8.42 Å². The summed E-state index contributed by atoms with van der Waals surface area (Å²) in [5, 5.41) is 0. The molecular weight excluding hydrogens is 423 g/mol. The van der Waals surface area contributed by atoms with Crippen LogP contribution in [0.4, 0.5) is 18.9 Å². The van der Waals surface area contributed by atoms with Crippen LogP contribution in [0.5, 0.6) is 5.75 Å². The molecule has 0 radical (unpaired) electrons. The molecule has 1 heterocycles. The Kier molecular flexibility index (Phi) is 6.54. The average Bonchev–Trinajstić information content (AvgIpc) is 2.68. The molecule has 162 valence electrons. The first-order chi connectivity index (χ1) is 14.1. The van der Waals surface area contributed by atoms with E-state index >= 15 is 0 Å². The topological polar surface area (TPSA) is 93.9 Å². The fourth-order valence-corrected chi connectivity index (χ4v) is 4.20. The van der Waals surface area contributed by atoms with E-state index in [1.54, 1.807) is 18.2 Å². The quantitative estimate of drug-likeness (QED) is 0.504. The Morgan fingerprint density at radius 1 is 1.13 bits per heavy atom. The zero-order valence-corrected chi connectivity index (χ0v) is 16.5. The normalized spacial score (nSPS) is 15.5. The van der Waals surface area contributed by atoms with E-state index in [1.165, 1.54) is 4.31 Å². The molecule has 1 aliphatic rings. The molecule has 0 fully saturated rings. The van der Waals surface area contributed by atoms with Crippen molar-refractivity contribution in [1.29, 1.82) is 0 Å². The Hall–Kier alpha value is -2.76. The molecule has 0 bridgehead atoms. The molecule has 3 rings (SSSR count). The van der Waals surface area contributed by atoms with Gasteiger partial charge in [-0.15, -0.1) is 13.2 Å². The van der Waals surface area contributed by atoms with Crippen molar-refractivity contribution < 1.29 is 31.2 Å². The maximum Gasteiger partial charge on any atom is 0.573 e. The highest BCUT2D eigenvalue weighted by Crippen LogP contribution is 2.26. The summed E-state index contributed by atoms with van der Waals surface area (Å²) in [7, 11) is -3.84. The number of sulfonamides is 1. The van der Waals surface area contributed by atoms with Crippen LogP contribution < -0.4 is 16.0 Å². The third kappa shape index (κ3) is 5.88. The number of hydrogen-bond donors (Lipinski definition) is 2. The van der Waals surface area contributed by atoms with E-state index < -0.39 is 22.1 Å². The number of benzene rings is 2. The van der Waals surface area contributed by atoms with E-state index in [-0.39, 0.29) is 24.6 Å². The Morgan fingerprint density at radius 2 is 1.87 bits per heavy atom. The summed E-state index contributed by atoms with van der Waals surface area (Å²) in [6, 6.07) is 11.4. The van der Waals surface area contributed by atoms with Gasteiger partial charge in [-0.3, -0.25) is 10.3 Å². The van der Waals surface area contributed by atoms with Crippen LogP contribution in [0.15, 0.2) is 65.2 Å². The van der Waals surface area contributed by atoms with Crippen LogP contribution >= 0.6 is 0 Å². The molecular formula is C19H20F3N3O4S.